The second-order valence-corrected chi connectivity index (χ2v) is 4.52. The van der Waals surface area contributed by atoms with E-state index >= 15 is 0 Å². The van der Waals surface area contributed by atoms with Crippen LogP contribution in [0.3, 0.4) is 0 Å². The molecule has 0 aliphatic heterocycles. The third kappa shape index (κ3) is 3.46. The van der Waals surface area contributed by atoms with Gasteiger partial charge in [-0.1, -0.05) is 37.3 Å². The van der Waals surface area contributed by atoms with Crippen molar-refractivity contribution < 1.29 is 4.79 Å². The summed E-state index contributed by atoms with van der Waals surface area (Å²) in [5.74, 6) is 0.0370. The van der Waals surface area contributed by atoms with Gasteiger partial charge in [-0.05, 0) is 30.2 Å². The van der Waals surface area contributed by atoms with E-state index in [0.29, 0.717) is 11.1 Å². The van der Waals surface area contributed by atoms with E-state index in [1.165, 1.54) is 5.56 Å². The highest BCUT2D eigenvalue weighted by Crippen LogP contribution is 2.11. The van der Waals surface area contributed by atoms with Gasteiger partial charge in [0.15, 0.2) is 5.78 Å². The van der Waals surface area contributed by atoms with Crippen LogP contribution in [-0.4, -0.2) is 12.3 Å². The van der Waals surface area contributed by atoms with Crippen LogP contribution in [-0.2, 0) is 6.42 Å². The fraction of sp³-hybridized carbons (Fsp3) is 0.176. The highest BCUT2D eigenvalue weighted by atomic mass is 16.1. The zero-order valence-electron chi connectivity index (χ0n) is 11.4. The molecule has 100 valence electrons. The number of hydrogen-bond donors (Lipinski definition) is 1. The number of aryl methyl sites for hydroxylation is 1. The number of Topliss-reactive ketones (excluding diaryl/α,β-unsaturated/α-hetero) is 1. The van der Waals surface area contributed by atoms with Gasteiger partial charge in [0.2, 0.25) is 0 Å². The number of ketones is 1. The second-order valence-electron chi connectivity index (χ2n) is 4.52. The lowest BCUT2D eigenvalue weighted by Crippen LogP contribution is -2.14. The van der Waals surface area contributed by atoms with Crippen molar-refractivity contribution in [1.82, 2.24) is 0 Å². The molecule has 2 aromatic carbocycles. The number of rotatable bonds is 5. The fourth-order valence-electron chi connectivity index (χ4n) is 1.91. The Morgan fingerprint density at radius 2 is 1.95 bits per heavy atom. The van der Waals surface area contributed by atoms with Gasteiger partial charge in [-0.2, -0.15) is 5.26 Å². The average molecular weight is 264 g/mol. The van der Waals surface area contributed by atoms with Gasteiger partial charge in [0, 0.05) is 11.3 Å². The van der Waals surface area contributed by atoms with E-state index in [1.807, 2.05) is 30.3 Å². The third-order valence-electron chi connectivity index (χ3n) is 3.13. The molecule has 0 aliphatic carbocycles. The normalized spacial score (nSPS) is 9.80. The van der Waals surface area contributed by atoms with E-state index in [2.05, 4.69) is 18.3 Å². The first-order valence-corrected chi connectivity index (χ1v) is 6.59. The van der Waals surface area contributed by atoms with E-state index < -0.39 is 0 Å². The Hall–Kier alpha value is -2.60. The van der Waals surface area contributed by atoms with E-state index in [-0.39, 0.29) is 12.3 Å². The van der Waals surface area contributed by atoms with E-state index in [4.69, 9.17) is 5.26 Å². The van der Waals surface area contributed by atoms with E-state index in [1.54, 1.807) is 18.2 Å². The van der Waals surface area contributed by atoms with Crippen LogP contribution in [0, 0.1) is 11.3 Å². The topological polar surface area (TPSA) is 52.9 Å². The van der Waals surface area contributed by atoms with Gasteiger partial charge in [-0.25, -0.2) is 0 Å². The molecule has 0 saturated carbocycles. The van der Waals surface area contributed by atoms with Crippen molar-refractivity contribution in [3.8, 4) is 6.07 Å². The number of carbonyl (C=O) groups excluding carboxylic acids is 1. The quantitative estimate of drug-likeness (QED) is 0.842. The number of nitriles is 1. The second kappa shape index (κ2) is 6.53. The van der Waals surface area contributed by atoms with Crippen molar-refractivity contribution in [3.63, 3.8) is 0 Å². The Labute approximate surface area is 118 Å². The van der Waals surface area contributed by atoms with E-state index in [9.17, 15) is 4.79 Å². The molecule has 0 bridgehead atoms. The van der Waals surface area contributed by atoms with Crippen molar-refractivity contribution in [1.29, 1.82) is 5.26 Å². The number of nitrogens with zero attached hydrogens (tertiary/aromatic N) is 1. The molecule has 0 saturated heterocycles. The first-order chi connectivity index (χ1) is 9.72. The molecule has 0 aromatic heterocycles. The third-order valence-corrected chi connectivity index (χ3v) is 3.13. The molecule has 0 heterocycles. The molecule has 2 rings (SSSR count). The summed E-state index contributed by atoms with van der Waals surface area (Å²) < 4.78 is 0. The molecule has 1 N–H and O–H groups in total. The highest BCUT2D eigenvalue weighted by Gasteiger charge is 2.05. The highest BCUT2D eigenvalue weighted by molar-refractivity contribution is 5.99. The average Bonchev–Trinajstić information content (AvgIpc) is 2.53. The Morgan fingerprint density at radius 1 is 1.20 bits per heavy atom. The predicted octanol–water partition coefficient (Wildman–Crippen LogP) is 3.42. The maximum Gasteiger partial charge on any atom is 0.181 e. The number of hydrogen-bond acceptors (Lipinski definition) is 3. The monoisotopic (exact) mass is 264 g/mol. The summed E-state index contributed by atoms with van der Waals surface area (Å²) >= 11 is 0. The number of nitrogens with one attached hydrogen (secondary N) is 1. The van der Waals surface area contributed by atoms with Crippen LogP contribution in [0.5, 0.6) is 0 Å². The number of carbonyl (C=O) groups is 1. The summed E-state index contributed by atoms with van der Waals surface area (Å²) in [6.07, 6.45) is 0.966. The van der Waals surface area contributed by atoms with Crippen LogP contribution in [0.15, 0.2) is 48.5 Å². The lowest BCUT2D eigenvalue weighted by molar-refractivity contribution is 0.101. The molecule has 0 spiro atoms. The molecular formula is C17H16N2O. The first kappa shape index (κ1) is 13.8. The zero-order chi connectivity index (χ0) is 14.4. The van der Waals surface area contributed by atoms with Crippen molar-refractivity contribution in [2.45, 2.75) is 13.3 Å². The van der Waals surface area contributed by atoms with Crippen molar-refractivity contribution >= 4 is 11.5 Å². The standard InChI is InChI=1S/C17H16N2O/c1-2-13-6-8-15(9-7-13)17(20)12-19-16-5-3-4-14(10-16)11-18/h3-10,19H,2,12H2,1H3. The SMILES string of the molecule is CCc1ccc(C(=O)CNc2cccc(C#N)c2)cc1. The summed E-state index contributed by atoms with van der Waals surface area (Å²) in [5, 5.41) is 11.9. The molecule has 20 heavy (non-hydrogen) atoms. The Morgan fingerprint density at radius 3 is 2.60 bits per heavy atom. The molecule has 0 amide bonds. The van der Waals surface area contributed by atoms with Gasteiger partial charge in [0.05, 0.1) is 18.2 Å². The zero-order valence-corrected chi connectivity index (χ0v) is 11.4. The van der Waals surface area contributed by atoms with Gasteiger partial charge < -0.3 is 5.32 Å². The van der Waals surface area contributed by atoms with E-state index in [0.717, 1.165) is 12.1 Å². The maximum absolute atomic E-state index is 12.0. The van der Waals surface area contributed by atoms with Crippen LogP contribution >= 0.6 is 0 Å². The van der Waals surface area contributed by atoms with Gasteiger partial charge in [-0.3, -0.25) is 4.79 Å². The van der Waals surface area contributed by atoms with Crippen LogP contribution in [0.25, 0.3) is 0 Å². The number of benzene rings is 2. The Bertz CT molecular complexity index is 639. The maximum atomic E-state index is 12.0. The molecular weight excluding hydrogens is 248 g/mol. The minimum absolute atomic E-state index is 0.0370. The largest absolute Gasteiger partial charge is 0.378 e. The van der Waals surface area contributed by atoms with Crippen molar-refractivity contribution in [3.05, 3.63) is 65.2 Å². The first-order valence-electron chi connectivity index (χ1n) is 6.59. The molecule has 0 aliphatic rings. The lowest BCUT2D eigenvalue weighted by Gasteiger charge is -2.06. The Kier molecular flexibility index (Phi) is 4.52. The van der Waals surface area contributed by atoms with Crippen LogP contribution in [0.4, 0.5) is 5.69 Å². The molecule has 0 fully saturated rings. The van der Waals surface area contributed by atoms with Crippen molar-refractivity contribution in [2.24, 2.45) is 0 Å². The van der Waals surface area contributed by atoms with Crippen LogP contribution < -0.4 is 5.32 Å². The smallest absolute Gasteiger partial charge is 0.181 e. The molecule has 3 heteroatoms. The summed E-state index contributed by atoms with van der Waals surface area (Å²) in [5.41, 5.74) is 3.28. The molecule has 3 nitrogen and oxygen atoms in total. The van der Waals surface area contributed by atoms with Gasteiger partial charge in [0.25, 0.3) is 0 Å². The summed E-state index contributed by atoms with van der Waals surface area (Å²) in [7, 11) is 0. The fourth-order valence-corrected chi connectivity index (χ4v) is 1.91. The molecule has 0 atom stereocenters. The summed E-state index contributed by atoms with van der Waals surface area (Å²) in [6.45, 7) is 2.31. The predicted molar refractivity (Wildman–Crippen MR) is 79.8 cm³/mol. The van der Waals surface area contributed by atoms with Crippen LogP contribution in [0.1, 0.15) is 28.4 Å². The van der Waals surface area contributed by atoms with Crippen molar-refractivity contribution in [2.75, 3.05) is 11.9 Å². The minimum Gasteiger partial charge on any atom is -0.378 e. The minimum atomic E-state index is 0.0370. The van der Waals surface area contributed by atoms with Crippen LogP contribution in [0.2, 0.25) is 0 Å². The Balaban J connectivity index is 1.99. The summed E-state index contributed by atoms with van der Waals surface area (Å²) in [4.78, 5) is 12.0. The molecule has 0 radical (unpaired) electrons. The number of anilines is 1. The van der Waals surface area contributed by atoms with Gasteiger partial charge >= 0.3 is 0 Å². The molecule has 2 aromatic rings. The van der Waals surface area contributed by atoms with Gasteiger partial charge in [0.1, 0.15) is 0 Å². The lowest BCUT2D eigenvalue weighted by atomic mass is 10.1. The molecule has 0 unspecified atom stereocenters. The summed E-state index contributed by atoms with van der Waals surface area (Å²) in [6, 6.07) is 16.8. The van der Waals surface area contributed by atoms with Gasteiger partial charge in [-0.15, -0.1) is 0 Å².